The quantitative estimate of drug-likeness (QED) is 0.873. The SMILES string of the molecule is CCNC(c1ccoc1CC)c1sc(C)cc1C. The maximum Gasteiger partial charge on any atom is 0.108 e. The molecule has 0 radical (unpaired) electrons. The van der Waals surface area contributed by atoms with E-state index in [1.165, 1.54) is 20.9 Å². The Kier molecular flexibility index (Phi) is 4.25. The zero-order valence-corrected chi connectivity index (χ0v) is 12.4. The van der Waals surface area contributed by atoms with Gasteiger partial charge < -0.3 is 9.73 Å². The number of furan rings is 1. The largest absolute Gasteiger partial charge is 0.469 e. The molecule has 2 nitrogen and oxygen atoms in total. The summed E-state index contributed by atoms with van der Waals surface area (Å²) in [6, 6.07) is 4.62. The van der Waals surface area contributed by atoms with Crippen molar-refractivity contribution < 1.29 is 4.42 Å². The maximum absolute atomic E-state index is 5.57. The van der Waals surface area contributed by atoms with Crippen molar-refractivity contribution in [2.45, 2.75) is 40.2 Å². The molecule has 0 aliphatic rings. The summed E-state index contributed by atoms with van der Waals surface area (Å²) in [5, 5.41) is 3.58. The summed E-state index contributed by atoms with van der Waals surface area (Å²) in [6.07, 6.45) is 2.74. The van der Waals surface area contributed by atoms with Crippen LogP contribution < -0.4 is 5.32 Å². The van der Waals surface area contributed by atoms with Crippen LogP contribution in [0.15, 0.2) is 22.8 Å². The third kappa shape index (κ3) is 2.52. The lowest BCUT2D eigenvalue weighted by molar-refractivity contribution is 0.502. The molecule has 0 saturated heterocycles. The van der Waals surface area contributed by atoms with Crippen molar-refractivity contribution in [1.29, 1.82) is 0 Å². The minimum atomic E-state index is 0.266. The first kappa shape index (κ1) is 13.4. The fourth-order valence-corrected chi connectivity index (χ4v) is 3.52. The van der Waals surface area contributed by atoms with Crippen LogP contribution in [0, 0.1) is 13.8 Å². The number of hydrogen-bond acceptors (Lipinski definition) is 3. The van der Waals surface area contributed by atoms with Crippen molar-refractivity contribution in [3.8, 4) is 0 Å². The Morgan fingerprint density at radius 2 is 2.11 bits per heavy atom. The predicted octanol–water partition coefficient (Wildman–Crippen LogP) is 4.22. The maximum atomic E-state index is 5.57. The molecule has 2 rings (SSSR count). The first-order valence-corrected chi connectivity index (χ1v) is 7.35. The molecule has 2 heterocycles. The Labute approximate surface area is 113 Å². The van der Waals surface area contributed by atoms with E-state index in [0.717, 1.165) is 18.7 Å². The minimum Gasteiger partial charge on any atom is -0.469 e. The van der Waals surface area contributed by atoms with Crippen LogP contribution in [-0.4, -0.2) is 6.54 Å². The second-order valence-electron chi connectivity index (χ2n) is 4.55. The molecule has 18 heavy (non-hydrogen) atoms. The Morgan fingerprint density at radius 1 is 1.33 bits per heavy atom. The first-order valence-electron chi connectivity index (χ1n) is 6.53. The van der Waals surface area contributed by atoms with Gasteiger partial charge >= 0.3 is 0 Å². The van der Waals surface area contributed by atoms with Crippen LogP contribution in [0.5, 0.6) is 0 Å². The summed E-state index contributed by atoms with van der Waals surface area (Å²) in [6.45, 7) is 9.59. The van der Waals surface area contributed by atoms with Crippen molar-refractivity contribution in [1.82, 2.24) is 5.32 Å². The van der Waals surface area contributed by atoms with Gasteiger partial charge in [0.1, 0.15) is 5.76 Å². The zero-order chi connectivity index (χ0) is 13.1. The van der Waals surface area contributed by atoms with Gasteiger partial charge in [-0.15, -0.1) is 11.3 Å². The van der Waals surface area contributed by atoms with Crippen LogP contribution in [0.1, 0.15) is 46.5 Å². The van der Waals surface area contributed by atoms with E-state index >= 15 is 0 Å². The van der Waals surface area contributed by atoms with Crippen molar-refractivity contribution >= 4 is 11.3 Å². The fraction of sp³-hybridized carbons (Fsp3) is 0.467. The smallest absolute Gasteiger partial charge is 0.108 e. The molecule has 1 N–H and O–H groups in total. The summed E-state index contributed by atoms with van der Waals surface area (Å²) in [5.41, 5.74) is 2.65. The lowest BCUT2D eigenvalue weighted by atomic mass is 10.0. The highest BCUT2D eigenvalue weighted by atomic mass is 32.1. The Morgan fingerprint density at radius 3 is 2.67 bits per heavy atom. The van der Waals surface area contributed by atoms with Gasteiger partial charge in [-0.3, -0.25) is 0 Å². The van der Waals surface area contributed by atoms with E-state index in [1.54, 1.807) is 6.26 Å². The molecule has 0 saturated carbocycles. The van der Waals surface area contributed by atoms with Gasteiger partial charge in [-0.2, -0.15) is 0 Å². The van der Waals surface area contributed by atoms with E-state index in [1.807, 2.05) is 11.3 Å². The Bertz CT molecular complexity index is 512. The Hall–Kier alpha value is -1.06. The molecule has 0 aromatic carbocycles. The van der Waals surface area contributed by atoms with Crippen molar-refractivity contribution in [2.24, 2.45) is 0 Å². The minimum absolute atomic E-state index is 0.266. The van der Waals surface area contributed by atoms with Gasteiger partial charge in [0.05, 0.1) is 12.3 Å². The molecule has 0 fully saturated rings. The van der Waals surface area contributed by atoms with Crippen LogP contribution >= 0.6 is 11.3 Å². The average molecular weight is 263 g/mol. The normalized spacial score (nSPS) is 12.9. The number of hydrogen-bond donors (Lipinski definition) is 1. The highest BCUT2D eigenvalue weighted by Gasteiger charge is 2.21. The third-order valence-corrected chi connectivity index (χ3v) is 4.38. The first-order chi connectivity index (χ1) is 8.67. The van der Waals surface area contributed by atoms with Crippen LogP contribution in [0.25, 0.3) is 0 Å². The van der Waals surface area contributed by atoms with Crippen LogP contribution in [0.2, 0.25) is 0 Å². The van der Waals surface area contributed by atoms with E-state index < -0.39 is 0 Å². The number of rotatable bonds is 5. The van der Waals surface area contributed by atoms with E-state index in [9.17, 15) is 0 Å². The standard InChI is InChI=1S/C15H21NOS/c1-5-13-12(7-8-17-13)14(16-6-2)15-10(3)9-11(4)18-15/h7-9,14,16H,5-6H2,1-4H3. The van der Waals surface area contributed by atoms with E-state index in [0.29, 0.717) is 0 Å². The van der Waals surface area contributed by atoms with Crippen LogP contribution in [0.3, 0.4) is 0 Å². The molecule has 3 heteroatoms. The van der Waals surface area contributed by atoms with Crippen molar-refractivity contribution in [2.75, 3.05) is 6.54 Å². The van der Waals surface area contributed by atoms with Crippen LogP contribution in [-0.2, 0) is 6.42 Å². The van der Waals surface area contributed by atoms with Gasteiger partial charge in [-0.1, -0.05) is 13.8 Å². The van der Waals surface area contributed by atoms with Gasteiger partial charge in [-0.25, -0.2) is 0 Å². The van der Waals surface area contributed by atoms with E-state index in [2.05, 4.69) is 45.1 Å². The molecular weight excluding hydrogens is 242 g/mol. The molecule has 0 aliphatic carbocycles. The number of aryl methyl sites for hydroxylation is 3. The van der Waals surface area contributed by atoms with Gasteiger partial charge in [0.2, 0.25) is 0 Å². The predicted molar refractivity (Wildman–Crippen MR) is 77.4 cm³/mol. The second-order valence-corrected chi connectivity index (χ2v) is 5.84. The summed E-state index contributed by atoms with van der Waals surface area (Å²) >= 11 is 1.88. The molecular formula is C15H21NOS. The molecule has 1 unspecified atom stereocenters. The summed E-state index contributed by atoms with van der Waals surface area (Å²) < 4.78 is 5.57. The van der Waals surface area contributed by atoms with Gasteiger partial charge in [-0.05, 0) is 38.1 Å². The second kappa shape index (κ2) is 5.72. The van der Waals surface area contributed by atoms with E-state index in [-0.39, 0.29) is 6.04 Å². The highest BCUT2D eigenvalue weighted by Crippen LogP contribution is 2.33. The Balaban J connectivity index is 2.42. The molecule has 0 bridgehead atoms. The molecule has 98 valence electrons. The zero-order valence-electron chi connectivity index (χ0n) is 11.5. The summed E-state index contributed by atoms with van der Waals surface area (Å²) in [5.74, 6) is 1.09. The lowest BCUT2D eigenvalue weighted by Gasteiger charge is -2.17. The number of thiophene rings is 1. The van der Waals surface area contributed by atoms with Crippen LogP contribution in [0.4, 0.5) is 0 Å². The number of nitrogens with one attached hydrogen (secondary N) is 1. The highest BCUT2D eigenvalue weighted by molar-refractivity contribution is 7.12. The monoisotopic (exact) mass is 263 g/mol. The molecule has 0 aliphatic heterocycles. The average Bonchev–Trinajstić information content (AvgIpc) is 2.92. The molecule has 0 amide bonds. The van der Waals surface area contributed by atoms with Crippen molar-refractivity contribution in [3.05, 3.63) is 45.0 Å². The van der Waals surface area contributed by atoms with Gasteiger partial charge in [0.25, 0.3) is 0 Å². The van der Waals surface area contributed by atoms with Gasteiger partial charge in [0.15, 0.2) is 0 Å². The molecule has 1 atom stereocenters. The summed E-state index contributed by atoms with van der Waals surface area (Å²) in [7, 11) is 0. The molecule has 2 aromatic heterocycles. The molecule has 2 aromatic rings. The topological polar surface area (TPSA) is 25.2 Å². The molecule has 0 spiro atoms. The fourth-order valence-electron chi connectivity index (χ4n) is 2.39. The summed E-state index contributed by atoms with van der Waals surface area (Å²) in [4.78, 5) is 2.78. The third-order valence-electron chi connectivity index (χ3n) is 3.16. The van der Waals surface area contributed by atoms with Crippen molar-refractivity contribution in [3.63, 3.8) is 0 Å². The lowest BCUT2D eigenvalue weighted by Crippen LogP contribution is -2.22. The van der Waals surface area contributed by atoms with Gasteiger partial charge in [0, 0.05) is 21.7 Å². The van der Waals surface area contributed by atoms with E-state index in [4.69, 9.17) is 4.42 Å².